The molecule has 2 aromatic carbocycles. The maximum Gasteiger partial charge on any atom is 0.243 e. The molecule has 0 radical (unpaired) electrons. The summed E-state index contributed by atoms with van der Waals surface area (Å²) in [6, 6.07) is 7.55. The van der Waals surface area contributed by atoms with Gasteiger partial charge in [-0.25, -0.2) is 0 Å². The molecule has 9 amide bonds. The minimum atomic E-state index is -1.35. The minimum absolute atomic E-state index is 0.00184. The number of hydrogen-bond acceptors (Lipinski definition) is 10. The Morgan fingerprint density at radius 3 is 2.04 bits per heavy atom. The summed E-state index contributed by atoms with van der Waals surface area (Å²) >= 11 is 0. The lowest BCUT2D eigenvalue weighted by molar-refractivity contribution is -0.135. The van der Waals surface area contributed by atoms with Crippen molar-refractivity contribution in [3.63, 3.8) is 0 Å². The van der Waals surface area contributed by atoms with Crippen molar-refractivity contribution in [1.82, 2.24) is 47.5 Å². The first-order valence-corrected chi connectivity index (χ1v) is 23.1. The summed E-state index contributed by atoms with van der Waals surface area (Å²) in [5, 5.41) is 21.7. The van der Waals surface area contributed by atoms with E-state index in [1.54, 1.807) is 36.5 Å². The van der Waals surface area contributed by atoms with Crippen molar-refractivity contribution in [3.8, 4) is 0 Å². The maximum atomic E-state index is 13.9. The number of para-hydroxylation sites is 1. The largest absolute Gasteiger partial charge is 0.370 e. The number of aromatic amines is 1. The number of rotatable bonds is 15. The number of unbranched alkanes of at least 4 members (excludes halogenated alkanes) is 1. The van der Waals surface area contributed by atoms with E-state index in [2.05, 4.69) is 52.5 Å². The molecule has 7 atom stereocenters. The molecule has 0 bridgehead atoms. The zero-order chi connectivity index (χ0) is 51.0. The minimum Gasteiger partial charge on any atom is -0.370 e. The molecule has 1 aromatic heterocycles. The van der Waals surface area contributed by atoms with Crippen LogP contribution in [0.3, 0.4) is 0 Å². The summed E-state index contributed by atoms with van der Waals surface area (Å²) in [6.07, 6.45) is 3.62. The molecule has 1 fully saturated rings. The number of aromatic nitrogens is 1. The number of carbonyl (C=O) groups excluding carboxylic acids is 9. The molecule has 22 nitrogen and oxygen atoms in total. The summed E-state index contributed by atoms with van der Waals surface area (Å²) < 4.78 is 0. The Morgan fingerprint density at radius 1 is 0.768 bits per heavy atom. The summed E-state index contributed by atoms with van der Waals surface area (Å²) in [5.74, 6) is -6.23. The lowest BCUT2D eigenvalue weighted by Crippen LogP contribution is -2.59. The molecule has 69 heavy (non-hydrogen) atoms. The van der Waals surface area contributed by atoms with Crippen molar-refractivity contribution in [1.29, 1.82) is 0 Å². The number of amides is 9. The Kier molecular flexibility index (Phi) is 23.1. The smallest absolute Gasteiger partial charge is 0.243 e. The summed E-state index contributed by atoms with van der Waals surface area (Å²) in [7, 11) is 0. The predicted octanol–water partition coefficient (Wildman–Crippen LogP) is -0.948. The Labute approximate surface area is 401 Å². The van der Waals surface area contributed by atoms with Crippen molar-refractivity contribution in [2.24, 2.45) is 22.2 Å². The van der Waals surface area contributed by atoms with Crippen molar-refractivity contribution >= 4 is 70.0 Å². The van der Waals surface area contributed by atoms with E-state index in [9.17, 15) is 43.2 Å². The molecule has 1 aliphatic rings. The molecule has 1 saturated heterocycles. The lowest BCUT2D eigenvalue weighted by Gasteiger charge is -2.26. The first-order chi connectivity index (χ1) is 32.8. The van der Waals surface area contributed by atoms with E-state index in [1.807, 2.05) is 38.1 Å². The monoisotopic (exact) mass is 960 g/mol. The highest BCUT2D eigenvalue weighted by Crippen LogP contribution is 2.19. The van der Waals surface area contributed by atoms with Crippen molar-refractivity contribution < 1.29 is 43.2 Å². The molecule has 0 aliphatic carbocycles. The molecule has 4 rings (SSSR count). The van der Waals surface area contributed by atoms with Crippen LogP contribution in [0.25, 0.3) is 10.9 Å². The second-order valence-corrected chi connectivity index (χ2v) is 16.7. The van der Waals surface area contributed by atoms with Gasteiger partial charge in [-0.2, -0.15) is 0 Å². The average molecular weight is 960 g/mol. The van der Waals surface area contributed by atoms with Crippen LogP contribution in [0.4, 0.5) is 0 Å². The highest BCUT2D eigenvalue weighted by molar-refractivity contribution is 5.98. The van der Waals surface area contributed by atoms with Crippen LogP contribution in [-0.4, -0.2) is 119 Å². The second-order valence-electron chi connectivity index (χ2n) is 16.7. The number of guanidine groups is 1. The highest BCUT2D eigenvalue weighted by Gasteiger charge is 2.33. The van der Waals surface area contributed by atoms with Gasteiger partial charge in [0.2, 0.25) is 53.2 Å². The number of nitrogens with two attached hydrogens (primary N) is 3. The van der Waals surface area contributed by atoms with Crippen LogP contribution in [0.1, 0.15) is 90.7 Å². The number of nitrogens with zero attached hydrogens (tertiary/aromatic N) is 1. The van der Waals surface area contributed by atoms with E-state index in [4.69, 9.17) is 17.2 Å². The number of benzene rings is 2. The summed E-state index contributed by atoms with van der Waals surface area (Å²) in [4.78, 5) is 127. The molecule has 4 unspecified atom stereocenters. The van der Waals surface area contributed by atoms with E-state index in [0.717, 1.165) is 30.3 Å². The van der Waals surface area contributed by atoms with Crippen LogP contribution >= 0.6 is 0 Å². The zero-order valence-electron chi connectivity index (χ0n) is 39.9. The highest BCUT2D eigenvalue weighted by atomic mass is 16.2. The predicted molar refractivity (Wildman–Crippen MR) is 259 cm³/mol. The van der Waals surface area contributed by atoms with Crippen LogP contribution in [0, 0.1) is 0 Å². The molecular formula is C47H69N13O9. The SMILES string of the molecule is CCCC[C@H](NC(C)=O)C(=O)NC1CCC(=O)NCCC(C(=O)N[C@@H](Cc2c[nH]c3ccccc23)C(N)=O)NC(=O)C(C)NC(=O)C(Cc2ccccc2)NC(=O)[C@H](C)NC1=O.CCCN=C(N)N. The van der Waals surface area contributed by atoms with Crippen molar-refractivity contribution in [3.05, 3.63) is 71.9 Å². The number of nitrogens with one attached hydrogen (secondary N) is 9. The molecule has 0 saturated carbocycles. The van der Waals surface area contributed by atoms with Crippen LogP contribution in [0.2, 0.25) is 0 Å². The maximum absolute atomic E-state index is 13.9. The fourth-order valence-corrected chi connectivity index (χ4v) is 7.12. The fourth-order valence-electron chi connectivity index (χ4n) is 7.12. The topological polar surface area (TPSA) is 356 Å². The summed E-state index contributed by atoms with van der Waals surface area (Å²) in [5.41, 5.74) is 17.9. The average Bonchev–Trinajstić information content (AvgIpc) is 3.72. The van der Waals surface area contributed by atoms with Gasteiger partial charge in [0.1, 0.15) is 42.3 Å². The lowest BCUT2D eigenvalue weighted by atomic mass is 10.0. The van der Waals surface area contributed by atoms with E-state index < -0.39 is 95.5 Å². The van der Waals surface area contributed by atoms with E-state index in [0.29, 0.717) is 17.5 Å². The summed E-state index contributed by atoms with van der Waals surface area (Å²) in [6.45, 7) is 8.53. The Morgan fingerprint density at radius 2 is 1.42 bits per heavy atom. The van der Waals surface area contributed by atoms with Crippen LogP contribution in [-0.2, 0) is 56.0 Å². The standard InChI is InChI=1S/C43H58N10O9.C4H11N3/c1-5-6-15-31(49-26(4)54)41(60)51-32-17-18-36(55)45-20-19-33(42(61)52-34(37(44)56)22-28-23-46-30-16-11-10-14-29(28)30)50-38(57)24(2)48-43(62)35(21-27-12-8-7-9-13-27)53-39(58)25(3)47-40(32)59;1-2-3-7-4(5)6/h7-14,16,23-25,31-35,46H,5-6,15,17-22H2,1-4H3,(H2,44,56)(H,45,55)(H,47,59)(H,48,62)(H,49,54)(H,50,57)(H,51,60)(H,52,61)(H,53,58);2-3H2,1H3,(H4,5,6,7)/t24?,25-,31-,32?,33?,34-,35?;/m0./s1. The van der Waals surface area contributed by atoms with Crippen LogP contribution in [0.5, 0.6) is 0 Å². The quantitative estimate of drug-likeness (QED) is 0.0651. The third kappa shape index (κ3) is 19.3. The van der Waals surface area contributed by atoms with Crippen LogP contribution in [0.15, 0.2) is 65.8 Å². The van der Waals surface area contributed by atoms with E-state index in [-0.39, 0.29) is 51.0 Å². The van der Waals surface area contributed by atoms with Gasteiger partial charge in [-0.15, -0.1) is 0 Å². The Balaban J connectivity index is 0.00000167. The number of primary amides is 1. The van der Waals surface area contributed by atoms with Crippen LogP contribution < -0.4 is 59.7 Å². The van der Waals surface area contributed by atoms with Gasteiger partial charge in [0.15, 0.2) is 5.96 Å². The second kappa shape index (κ2) is 28.6. The molecule has 22 heteroatoms. The Bertz CT molecular complexity index is 2260. The molecule has 1 aliphatic heterocycles. The molecule has 3 aromatic rings. The van der Waals surface area contributed by atoms with Gasteiger partial charge in [-0.1, -0.05) is 75.2 Å². The van der Waals surface area contributed by atoms with Crippen molar-refractivity contribution in [2.45, 2.75) is 135 Å². The van der Waals surface area contributed by atoms with Gasteiger partial charge >= 0.3 is 0 Å². The van der Waals surface area contributed by atoms with Gasteiger partial charge in [0.25, 0.3) is 0 Å². The third-order valence-corrected chi connectivity index (χ3v) is 10.9. The van der Waals surface area contributed by atoms with Gasteiger partial charge < -0.3 is 64.7 Å². The van der Waals surface area contributed by atoms with E-state index in [1.165, 1.54) is 20.8 Å². The number of carbonyl (C=O) groups is 9. The van der Waals surface area contributed by atoms with Gasteiger partial charge in [-0.3, -0.25) is 48.1 Å². The van der Waals surface area contributed by atoms with E-state index >= 15 is 0 Å². The zero-order valence-corrected chi connectivity index (χ0v) is 39.9. The molecule has 2 heterocycles. The number of hydrogen-bond donors (Lipinski definition) is 12. The third-order valence-electron chi connectivity index (χ3n) is 10.9. The number of fused-ring (bicyclic) bond motifs is 1. The number of aliphatic imine (C=N–C) groups is 1. The molecule has 15 N–H and O–H groups in total. The first-order valence-electron chi connectivity index (χ1n) is 23.1. The fraction of sp³-hybridized carbons (Fsp3) is 0.489. The van der Waals surface area contributed by atoms with Gasteiger partial charge in [0, 0.05) is 56.4 Å². The molecular weight excluding hydrogens is 891 g/mol. The molecule has 376 valence electrons. The first kappa shape index (κ1) is 55.8. The number of H-pyrrole nitrogens is 1. The normalized spacial score (nSPS) is 20.4. The Hall–Kier alpha value is -7.52. The molecule has 0 spiro atoms. The van der Waals surface area contributed by atoms with Crippen molar-refractivity contribution in [2.75, 3.05) is 13.1 Å². The van der Waals surface area contributed by atoms with Gasteiger partial charge in [0.05, 0.1) is 0 Å². The van der Waals surface area contributed by atoms with Gasteiger partial charge in [-0.05, 0) is 56.7 Å².